The van der Waals surface area contributed by atoms with Gasteiger partial charge < -0.3 is 5.32 Å². The Balaban J connectivity index is 0.00000231. The number of hydrogen-bond donors (Lipinski definition) is 1. The lowest BCUT2D eigenvalue weighted by molar-refractivity contribution is 0.0649. The van der Waals surface area contributed by atoms with E-state index < -0.39 is 0 Å². The highest BCUT2D eigenvalue weighted by Gasteiger charge is 2.39. The van der Waals surface area contributed by atoms with Gasteiger partial charge in [0.2, 0.25) is 0 Å². The molecule has 2 aliphatic rings. The van der Waals surface area contributed by atoms with Crippen LogP contribution in [-0.4, -0.2) is 29.8 Å². The van der Waals surface area contributed by atoms with Gasteiger partial charge in [0.05, 0.1) is 11.1 Å². The maximum Gasteiger partial charge on any atom is 0.261 e. The molecule has 0 aromatic heterocycles. The van der Waals surface area contributed by atoms with Crippen LogP contribution in [0.1, 0.15) is 50.2 Å². The van der Waals surface area contributed by atoms with Crippen LogP contribution in [0.3, 0.4) is 0 Å². The summed E-state index contributed by atoms with van der Waals surface area (Å²) in [7, 11) is 0. The van der Waals surface area contributed by atoms with Crippen molar-refractivity contribution in [3.05, 3.63) is 107 Å². The summed E-state index contributed by atoms with van der Waals surface area (Å²) in [5, 5.41) is 3.59. The SMILES string of the molecule is Cl.O=C1c2ccccc2C(=O)N1CCCC1(c2ccccc2)CNCc2ccccc21. The first-order chi connectivity index (χ1) is 14.7. The highest BCUT2D eigenvalue weighted by Crippen LogP contribution is 2.40. The summed E-state index contributed by atoms with van der Waals surface area (Å²) in [6.45, 7) is 2.14. The van der Waals surface area contributed by atoms with Gasteiger partial charge in [-0.05, 0) is 41.7 Å². The number of halogens is 1. The fourth-order valence-corrected chi connectivity index (χ4v) is 5.01. The fraction of sp³-hybridized carbons (Fsp3) is 0.231. The van der Waals surface area contributed by atoms with Crippen molar-refractivity contribution in [2.45, 2.75) is 24.8 Å². The average molecular weight is 433 g/mol. The molecule has 1 unspecified atom stereocenters. The van der Waals surface area contributed by atoms with Crippen LogP contribution in [0.15, 0.2) is 78.9 Å². The van der Waals surface area contributed by atoms with Gasteiger partial charge >= 0.3 is 0 Å². The van der Waals surface area contributed by atoms with Crippen LogP contribution in [-0.2, 0) is 12.0 Å². The van der Waals surface area contributed by atoms with Crippen LogP contribution in [0.2, 0.25) is 0 Å². The quantitative estimate of drug-likeness (QED) is 0.600. The molecule has 5 heteroatoms. The van der Waals surface area contributed by atoms with E-state index >= 15 is 0 Å². The number of imide groups is 1. The first kappa shape index (κ1) is 21.3. The number of rotatable bonds is 5. The molecule has 4 nitrogen and oxygen atoms in total. The van der Waals surface area contributed by atoms with Gasteiger partial charge in [-0.1, -0.05) is 66.7 Å². The van der Waals surface area contributed by atoms with E-state index in [4.69, 9.17) is 0 Å². The van der Waals surface area contributed by atoms with E-state index in [9.17, 15) is 9.59 Å². The van der Waals surface area contributed by atoms with Gasteiger partial charge in [0.15, 0.2) is 0 Å². The molecule has 2 aliphatic heterocycles. The molecule has 1 atom stereocenters. The molecule has 0 saturated heterocycles. The molecule has 5 rings (SSSR count). The van der Waals surface area contributed by atoms with Crippen molar-refractivity contribution < 1.29 is 9.59 Å². The summed E-state index contributed by atoms with van der Waals surface area (Å²) in [6.07, 6.45) is 1.60. The molecule has 0 spiro atoms. The first-order valence-electron chi connectivity index (χ1n) is 10.5. The van der Waals surface area contributed by atoms with Crippen molar-refractivity contribution >= 4 is 24.2 Å². The number of fused-ring (bicyclic) bond motifs is 2. The molecule has 158 valence electrons. The molecule has 0 aliphatic carbocycles. The van der Waals surface area contributed by atoms with Gasteiger partial charge in [-0.2, -0.15) is 0 Å². The van der Waals surface area contributed by atoms with Gasteiger partial charge in [0.1, 0.15) is 0 Å². The Hall–Kier alpha value is -2.95. The van der Waals surface area contributed by atoms with Crippen molar-refractivity contribution in [2.75, 3.05) is 13.1 Å². The molecule has 1 N–H and O–H groups in total. The fourth-order valence-electron chi connectivity index (χ4n) is 5.01. The maximum absolute atomic E-state index is 12.7. The van der Waals surface area contributed by atoms with Crippen molar-refractivity contribution in [3.63, 3.8) is 0 Å². The van der Waals surface area contributed by atoms with Crippen LogP contribution in [0, 0.1) is 0 Å². The number of nitrogens with one attached hydrogen (secondary N) is 1. The second-order valence-corrected chi connectivity index (χ2v) is 8.12. The minimum Gasteiger partial charge on any atom is -0.311 e. The number of hydrogen-bond acceptors (Lipinski definition) is 3. The lowest BCUT2D eigenvalue weighted by atomic mass is 9.68. The van der Waals surface area contributed by atoms with E-state index in [-0.39, 0.29) is 29.6 Å². The Bertz CT molecular complexity index is 1080. The lowest BCUT2D eigenvalue weighted by Crippen LogP contribution is -2.44. The van der Waals surface area contributed by atoms with Crippen LogP contribution in [0.5, 0.6) is 0 Å². The van der Waals surface area contributed by atoms with E-state index in [1.807, 2.05) is 18.2 Å². The Morgan fingerprint density at radius 2 is 1.42 bits per heavy atom. The van der Waals surface area contributed by atoms with E-state index in [1.165, 1.54) is 21.6 Å². The smallest absolute Gasteiger partial charge is 0.261 e. The standard InChI is InChI=1S/C26H24N2O2.ClH/c29-24-21-12-5-6-13-22(21)25(30)28(24)16-8-15-26(20-10-2-1-3-11-20)18-27-17-19-9-4-7-14-23(19)26;/h1-7,9-14,27H,8,15-18H2;1H. The molecule has 2 amide bonds. The Labute approximate surface area is 188 Å². The summed E-state index contributed by atoms with van der Waals surface area (Å²) in [6, 6.07) is 26.3. The number of nitrogens with zero attached hydrogens (tertiary/aromatic N) is 1. The van der Waals surface area contributed by atoms with Gasteiger partial charge in [-0.15, -0.1) is 12.4 Å². The van der Waals surface area contributed by atoms with E-state index in [0.717, 1.165) is 25.9 Å². The summed E-state index contributed by atoms with van der Waals surface area (Å²) in [4.78, 5) is 26.9. The molecular weight excluding hydrogens is 408 g/mol. The Morgan fingerprint density at radius 3 is 2.13 bits per heavy atom. The number of carbonyl (C=O) groups excluding carboxylic acids is 2. The van der Waals surface area contributed by atoms with Crippen LogP contribution in [0.4, 0.5) is 0 Å². The zero-order valence-corrected chi connectivity index (χ0v) is 18.0. The van der Waals surface area contributed by atoms with Crippen molar-refractivity contribution in [3.8, 4) is 0 Å². The molecule has 2 heterocycles. The first-order valence-corrected chi connectivity index (χ1v) is 10.5. The molecular formula is C26H25ClN2O2. The molecule has 0 fully saturated rings. The topological polar surface area (TPSA) is 49.4 Å². The third kappa shape index (κ3) is 3.56. The minimum absolute atomic E-state index is 0. The van der Waals surface area contributed by atoms with Crippen LogP contribution >= 0.6 is 12.4 Å². The van der Waals surface area contributed by atoms with E-state index in [2.05, 4.69) is 53.8 Å². The molecule has 0 radical (unpaired) electrons. The lowest BCUT2D eigenvalue weighted by Gasteiger charge is -2.40. The molecule has 3 aromatic carbocycles. The second-order valence-electron chi connectivity index (χ2n) is 8.12. The zero-order valence-electron chi connectivity index (χ0n) is 17.2. The van der Waals surface area contributed by atoms with Crippen molar-refractivity contribution in [2.24, 2.45) is 0 Å². The molecule has 0 bridgehead atoms. The van der Waals surface area contributed by atoms with Crippen molar-refractivity contribution in [1.29, 1.82) is 0 Å². The van der Waals surface area contributed by atoms with Crippen molar-refractivity contribution in [1.82, 2.24) is 10.2 Å². The maximum atomic E-state index is 12.7. The van der Waals surface area contributed by atoms with Gasteiger partial charge in [0, 0.05) is 25.0 Å². The highest BCUT2D eigenvalue weighted by atomic mass is 35.5. The summed E-state index contributed by atoms with van der Waals surface area (Å²) >= 11 is 0. The van der Waals surface area contributed by atoms with Gasteiger partial charge in [-0.3, -0.25) is 14.5 Å². The number of benzene rings is 3. The van der Waals surface area contributed by atoms with Crippen LogP contribution in [0.25, 0.3) is 0 Å². The Morgan fingerprint density at radius 1 is 0.806 bits per heavy atom. The summed E-state index contributed by atoms with van der Waals surface area (Å²) in [5.74, 6) is -0.349. The largest absolute Gasteiger partial charge is 0.311 e. The summed E-state index contributed by atoms with van der Waals surface area (Å²) in [5.41, 5.74) is 4.79. The summed E-state index contributed by atoms with van der Waals surface area (Å²) < 4.78 is 0. The monoisotopic (exact) mass is 432 g/mol. The van der Waals surface area contributed by atoms with E-state index in [0.29, 0.717) is 17.7 Å². The molecule has 0 saturated carbocycles. The third-order valence-corrected chi connectivity index (χ3v) is 6.46. The van der Waals surface area contributed by atoms with Gasteiger partial charge in [0.25, 0.3) is 11.8 Å². The number of amides is 2. The second kappa shape index (κ2) is 8.66. The predicted molar refractivity (Wildman–Crippen MR) is 124 cm³/mol. The minimum atomic E-state index is -0.175. The van der Waals surface area contributed by atoms with Crippen LogP contribution < -0.4 is 5.32 Å². The molecule has 31 heavy (non-hydrogen) atoms. The van der Waals surface area contributed by atoms with E-state index in [1.54, 1.807) is 12.1 Å². The average Bonchev–Trinajstić information content (AvgIpc) is 3.05. The normalized spacial score (nSPS) is 19.5. The number of carbonyl (C=O) groups is 2. The zero-order chi connectivity index (χ0) is 20.6. The Kier molecular flexibility index (Phi) is 5.94. The third-order valence-electron chi connectivity index (χ3n) is 6.46. The van der Waals surface area contributed by atoms with Gasteiger partial charge in [-0.25, -0.2) is 0 Å². The predicted octanol–water partition coefficient (Wildman–Crippen LogP) is 4.57. The highest BCUT2D eigenvalue weighted by molar-refractivity contribution is 6.21. The molecule has 3 aromatic rings.